The van der Waals surface area contributed by atoms with Crippen molar-refractivity contribution in [3.63, 3.8) is 0 Å². The second-order valence-corrected chi connectivity index (χ2v) is 6.62. The van der Waals surface area contributed by atoms with Crippen LogP contribution in [0, 0.1) is 0 Å². The van der Waals surface area contributed by atoms with Gasteiger partial charge in [-0.05, 0) is 37.1 Å². The van der Waals surface area contributed by atoms with E-state index >= 15 is 0 Å². The Balaban J connectivity index is 1.66. The Morgan fingerprint density at radius 3 is 2.75 bits per heavy atom. The van der Waals surface area contributed by atoms with Crippen molar-refractivity contribution < 1.29 is 14.7 Å². The number of nitrogens with one attached hydrogen (secondary N) is 1. The number of aromatic nitrogens is 1. The molecule has 128 valence electrons. The van der Waals surface area contributed by atoms with Crippen LogP contribution in [-0.2, 0) is 4.79 Å². The maximum atomic E-state index is 12.5. The van der Waals surface area contributed by atoms with Crippen LogP contribution < -0.4 is 0 Å². The van der Waals surface area contributed by atoms with E-state index in [4.69, 9.17) is 11.6 Å². The van der Waals surface area contributed by atoms with Crippen LogP contribution in [0.25, 0.3) is 10.9 Å². The molecule has 2 aromatic rings. The number of likely N-dealkylation sites (N-methyl/N-ethyl adjacent to an activating group) is 1. The van der Waals surface area contributed by atoms with E-state index in [2.05, 4.69) is 4.98 Å². The van der Waals surface area contributed by atoms with Gasteiger partial charge < -0.3 is 19.9 Å². The Morgan fingerprint density at radius 1 is 1.33 bits per heavy atom. The van der Waals surface area contributed by atoms with Gasteiger partial charge in [-0.3, -0.25) is 9.59 Å². The molecule has 0 unspecified atom stereocenters. The molecule has 1 saturated heterocycles. The Morgan fingerprint density at radius 2 is 2.04 bits per heavy atom. The minimum Gasteiger partial charge on any atom is -0.393 e. The highest BCUT2D eigenvalue weighted by Gasteiger charge is 2.24. The number of aliphatic hydroxyl groups excluding tert-OH is 1. The molecule has 24 heavy (non-hydrogen) atoms. The Kier molecular flexibility index (Phi) is 4.78. The molecule has 2 heterocycles. The van der Waals surface area contributed by atoms with Gasteiger partial charge >= 0.3 is 0 Å². The molecule has 0 radical (unpaired) electrons. The lowest BCUT2D eigenvalue weighted by Crippen LogP contribution is -2.45. The summed E-state index contributed by atoms with van der Waals surface area (Å²) in [4.78, 5) is 31.0. The number of carbonyl (C=O) groups is 2. The molecule has 0 spiro atoms. The third kappa shape index (κ3) is 3.55. The number of amides is 2. The number of rotatable bonds is 3. The smallest absolute Gasteiger partial charge is 0.270 e. The second kappa shape index (κ2) is 6.83. The molecule has 6 nitrogen and oxygen atoms in total. The molecule has 2 amide bonds. The molecule has 2 N–H and O–H groups in total. The molecule has 1 aromatic carbocycles. The predicted octanol–water partition coefficient (Wildman–Crippen LogP) is 1.88. The number of halogens is 1. The monoisotopic (exact) mass is 349 g/mol. The zero-order valence-corrected chi connectivity index (χ0v) is 14.2. The van der Waals surface area contributed by atoms with Crippen LogP contribution in [0.1, 0.15) is 23.3 Å². The minimum atomic E-state index is -0.327. The fraction of sp³-hybridized carbons (Fsp3) is 0.412. The van der Waals surface area contributed by atoms with Crippen LogP contribution in [-0.4, -0.2) is 64.5 Å². The molecule has 0 bridgehead atoms. The zero-order valence-electron chi connectivity index (χ0n) is 13.5. The lowest BCUT2D eigenvalue weighted by atomic mass is 10.1. The number of H-pyrrole nitrogens is 1. The average molecular weight is 350 g/mol. The van der Waals surface area contributed by atoms with E-state index in [0.717, 1.165) is 10.9 Å². The van der Waals surface area contributed by atoms with Crippen LogP contribution >= 0.6 is 11.6 Å². The number of nitrogens with zero attached hydrogens (tertiary/aromatic N) is 2. The Labute approximate surface area is 145 Å². The second-order valence-electron chi connectivity index (χ2n) is 6.19. The number of aromatic amines is 1. The summed E-state index contributed by atoms with van der Waals surface area (Å²) in [5, 5.41) is 11.0. The normalized spacial score (nSPS) is 15.7. The molecular formula is C17H20ClN3O3. The van der Waals surface area contributed by atoms with E-state index in [-0.39, 0.29) is 24.5 Å². The van der Waals surface area contributed by atoms with Gasteiger partial charge in [0, 0.05) is 36.1 Å². The molecule has 0 atom stereocenters. The summed E-state index contributed by atoms with van der Waals surface area (Å²) in [6.45, 7) is 1.09. The molecule has 0 aliphatic carbocycles. The molecular weight excluding hydrogens is 330 g/mol. The molecule has 1 aromatic heterocycles. The van der Waals surface area contributed by atoms with Crippen molar-refractivity contribution in [2.75, 3.05) is 26.7 Å². The minimum absolute atomic E-state index is 0.0189. The summed E-state index contributed by atoms with van der Waals surface area (Å²) < 4.78 is 0. The highest BCUT2D eigenvalue weighted by molar-refractivity contribution is 6.31. The third-order valence-corrected chi connectivity index (χ3v) is 4.58. The van der Waals surface area contributed by atoms with Gasteiger partial charge in [-0.15, -0.1) is 0 Å². The molecule has 1 fully saturated rings. The van der Waals surface area contributed by atoms with Gasteiger partial charge in [0.1, 0.15) is 5.69 Å². The number of fused-ring (bicyclic) bond motifs is 1. The predicted molar refractivity (Wildman–Crippen MR) is 92.1 cm³/mol. The number of carbonyl (C=O) groups excluding carboxylic acids is 2. The van der Waals surface area contributed by atoms with Gasteiger partial charge in [0.2, 0.25) is 5.91 Å². The van der Waals surface area contributed by atoms with Gasteiger partial charge in [0.05, 0.1) is 12.6 Å². The topological polar surface area (TPSA) is 76.6 Å². The van der Waals surface area contributed by atoms with Crippen LogP contribution in [0.5, 0.6) is 0 Å². The first-order valence-electron chi connectivity index (χ1n) is 7.93. The lowest BCUT2D eigenvalue weighted by Gasteiger charge is -2.31. The van der Waals surface area contributed by atoms with Crippen molar-refractivity contribution >= 4 is 34.3 Å². The average Bonchev–Trinajstić information content (AvgIpc) is 2.97. The standard InChI is InChI=1S/C17H20ClN3O3/c1-20(10-16(23)21-6-4-13(22)5-7-21)17(24)15-9-11-8-12(18)2-3-14(11)19-15/h2-3,8-9,13,19,22H,4-7,10H2,1H3. The van der Waals surface area contributed by atoms with E-state index in [1.807, 2.05) is 6.07 Å². The van der Waals surface area contributed by atoms with Crippen molar-refractivity contribution in [1.82, 2.24) is 14.8 Å². The molecule has 3 rings (SSSR count). The van der Waals surface area contributed by atoms with Crippen molar-refractivity contribution in [3.05, 3.63) is 35.0 Å². The first-order valence-corrected chi connectivity index (χ1v) is 8.31. The number of hydrogen-bond donors (Lipinski definition) is 2. The van der Waals surface area contributed by atoms with Gasteiger partial charge in [-0.25, -0.2) is 0 Å². The van der Waals surface area contributed by atoms with E-state index in [1.165, 1.54) is 4.90 Å². The molecule has 7 heteroatoms. The third-order valence-electron chi connectivity index (χ3n) is 4.35. The fourth-order valence-corrected chi connectivity index (χ4v) is 3.09. The summed E-state index contributed by atoms with van der Waals surface area (Å²) in [6.07, 6.45) is 0.852. The SMILES string of the molecule is CN(CC(=O)N1CCC(O)CC1)C(=O)c1cc2cc(Cl)ccc2[nH]1. The lowest BCUT2D eigenvalue weighted by molar-refractivity contribution is -0.133. The summed E-state index contributed by atoms with van der Waals surface area (Å²) in [7, 11) is 1.61. The number of hydrogen-bond acceptors (Lipinski definition) is 3. The van der Waals surface area contributed by atoms with Crippen LogP contribution in [0.15, 0.2) is 24.3 Å². The molecule has 1 aliphatic rings. The quantitative estimate of drug-likeness (QED) is 0.888. The van der Waals surface area contributed by atoms with E-state index in [1.54, 1.807) is 30.1 Å². The van der Waals surface area contributed by atoms with E-state index in [0.29, 0.717) is 36.6 Å². The molecule has 1 aliphatic heterocycles. The Hall–Kier alpha value is -2.05. The largest absolute Gasteiger partial charge is 0.393 e. The van der Waals surface area contributed by atoms with Gasteiger partial charge in [0.15, 0.2) is 0 Å². The number of aliphatic hydroxyl groups is 1. The van der Waals surface area contributed by atoms with Gasteiger partial charge in [0.25, 0.3) is 5.91 Å². The summed E-state index contributed by atoms with van der Waals surface area (Å²) >= 11 is 5.96. The van der Waals surface area contributed by atoms with Crippen LogP contribution in [0.3, 0.4) is 0 Å². The Bertz CT molecular complexity index is 766. The number of benzene rings is 1. The van der Waals surface area contributed by atoms with Crippen molar-refractivity contribution in [2.45, 2.75) is 18.9 Å². The van der Waals surface area contributed by atoms with Crippen molar-refractivity contribution in [2.24, 2.45) is 0 Å². The highest BCUT2D eigenvalue weighted by Crippen LogP contribution is 2.20. The molecule has 0 saturated carbocycles. The fourth-order valence-electron chi connectivity index (χ4n) is 2.91. The first-order chi connectivity index (χ1) is 11.4. The summed E-state index contributed by atoms with van der Waals surface area (Å²) in [5.41, 5.74) is 1.25. The van der Waals surface area contributed by atoms with E-state index < -0.39 is 0 Å². The number of likely N-dealkylation sites (tertiary alicyclic amines) is 1. The summed E-state index contributed by atoms with van der Waals surface area (Å²) in [6, 6.07) is 7.10. The summed E-state index contributed by atoms with van der Waals surface area (Å²) in [5.74, 6) is -0.343. The zero-order chi connectivity index (χ0) is 17.3. The van der Waals surface area contributed by atoms with Crippen molar-refractivity contribution in [3.8, 4) is 0 Å². The maximum Gasteiger partial charge on any atom is 0.270 e. The van der Waals surface area contributed by atoms with Gasteiger partial charge in [-0.1, -0.05) is 11.6 Å². The van der Waals surface area contributed by atoms with E-state index in [9.17, 15) is 14.7 Å². The van der Waals surface area contributed by atoms with Crippen LogP contribution in [0.4, 0.5) is 0 Å². The first kappa shape index (κ1) is 16.8. The maximum absolute atomic E-state index is 12.5. The highest BCUT2D eigenvalue weighted by atomic mass is 35.5. The van der Waals surface area contributed by atoms with Crippen LogP contribution in [0.2, 0.25) is 5.02 Å². The number of piperidine rings is 1. The van der Waals surface area contributed by atoms with Gasteiger partial charge in [-0.2, -0.15) is 0 Å². The van der Waals surface area contributed by atoms with Crippen molar-refractivity contribution in [1.29, 1.82) is 0 Å².